The molecule has 138 valence electrons. The molecular weight excluding hydrogens is 382 g/mol. The summed E-state index contributed by atoms with van der Waals surface area (Å²) in [7, 11) is 1.64. The van der Waals surface area contributed by atoms with Gasteiger partial charge in [-0.1, -0.05) is 11.6 Å². The van der Waals surface area contributed by atoms with Gasteiger partial charge >= 0.3 is 0 Å². The molecule has 0 atom stereocenters. The summed E-state index contributed by atoms with van der Waals surface area (Å²) in [6.07, 6.45) is 3.23. The quantitative estimate of drug-likeness (QED) is 0.689. The highest BCUT2D eigenvalue weighted by molar-refractivity contribution is 7.07. The molecule has 0 amide bonds. The van der Waals surface area contributed by atoms with Crippen LogP contribution in [-0.4, -0.2) is 15.5 Å². The van der Waals surface area contributed by atoms with Crippen LogP contribution in [0.25, 0.3) is 12.2 Å². The molecule has 1 heterocycles. The molecule has 2 aromatic carbocycles. The van der Waals surface area contributed by atoms with Crippen molar-refractivity contribution in [3.63, 3.8) is 0 Å². The normalized spacial score (nSPS) is 12.6. The van der Waals surface area contributed by atoms with Gasteiger partial charge < -0.3 is 9.67 Å². The first-order chi connectivity index (χ1) is 12.8. The van der Waals surface area contributed by atoms with E-state index in [1.807, 2.05) is 26.0 Å². The fourth-order valence-corrected chi connectivity index (χ4v) is 3.90. The van der Waals surface area contributed by atoms with Gasteiger partial charge in [-0.3, -0.25) is 9.59 Å². The fourth-order valence-electron chi connectivity index (χ4n) is 2.74. The average molecular weight is 400 g/mol. The Hall–Kier alpha value is -2.63. The Balaban J connectivity index is 2.08. The summed E-state index contributed by atoms with van der Waals surface area (Å²) in [6, 6.07) is 10.3. The van der Waals surface area contributed by atoms with Crippen molar-refractivity contribution in [3.8, 4) is 5.75 Å². The lowest BCUT2D eigenvalue weighted by Gasteiger charge is -2.04. The van der Waals surface area contributed by atoms with E-state index in [9.17, 15) is 14.7 Å². The van der Waals surface area contributed by atoms with E-state index in [1.54, 1.807) is 37.4 Å². The highest BCUT2D eigenvalue weighted by Crippen LogP contribution is 2.23. The molecule has 1 aromatic heterocycles. The number of thiazole rings is 1. The van der Waals surface area contributed by atoms with E-state index in [0.717, 1.165) is 16.7 Å². The lowest BCUT2D eigenvalue weighted by Crippen LogP contribution is -2.29. The number of ketones is 1. The smallest absolute Gasteiger partial charge is 0.268 e. The van der Waals surface area contributed by atoms with Crippen molar-refractivity contribution in [1.82, 2.24) is 4.57 Å². The van der Waals surface area contributed by atoms with Crippen molar-refractivity contribution in [2.24, 2.45) is 7.05 Å². The van der Waals surface area contributed by atoms with Crippen molar-refractivity contribution >= 4 is 40.9 Å². The molecule has 0 aliphatic heterocycles. The average Bonchev–Trinajstić information content (AvgIpc) is 2.88. The SMILES string of the molecule is Cc1cc(/C=c2\s/c(=C\C(=O)c3ccc(Cl)cc3)n(C)c2=O)cc(C)c1O. The van der Waals surface area contributed by atoms with E-state index >= 15 is 0 Å². The van der Waals surface area contributed by atoms with Crippen LogP contribution in [0.3, 0.4) is 0 Å². The fraction of sp³-hybridized carbons (Fsp3) is 0.143. The molecule has 0 aliphatic carbocycles. The first-order valence-corrected chi connectivity index (χ1v) is 9.45. The van der Waals surface area contributed by atoms with E-state index < -0.39 is 0 Å². The summed E-state index contributed by atoms with van der Waals surface area (Å²) < 4.78 is 2.56. The van der Waals surface area contributed by atoms with Crippen LogP contribution in [0.4, 0.5) is 0 Å². The molecule has 0 bridgehead atoms. The van der Waals surface area contributed by atoms with Crippen LogP contribution < -0.4 is 14.8 Å². The molecule has 0 saturated carbocycles. The van der Waals surface area contributed by atoms with Gasteiger partial charge in [0.2, 0.25) is 0 Å². The van der Waals surface area contributed by atoms with Crippen molar-refractivity contribution in [2.75, 3.05) is 0 Å². The number of benzene rings is 2. The molecule has 3 rings (SSSR count). The second-order valence-electron chi connectivity index (χ2n) is 6.33. The maximum atomic E-state index is 12.5. The first kappa shape index (κ1) is 19.1. The standard InChI is InChI=1S/C21H18ClNO3S/c1-12-8-14(9-13(2)20(12)25)10-18-21(26)23(3)19(27-18)11-17(24)15-4-6-16(22)7-5-15/h4-11,25H,1-3H3/b18-10-,19-11-. The summed E-state index contributed by atoms with van der Waals surface area (Å²) in [6.45, 7) is 3.63. The zero-order chi connectivity index (χ0) is 19.7. The number of rotatable bonds is 3. The van der Waals surface area contributed by atoms with Crippen LogP contribution in [0.2, 0.25) is 5.02 Å². The Kier molecular flexibility index (Phi) is 5.35. The third kappa shape index (κ3) is 4.04. The number of Topliss-reactive ketones (excluding diaryl/α,β-unsaturated/α-hetero) is 1. The summed E-state index contributed by atoms with van der Waals surface area (Å²) in [5, 5.41) is 10.5. The number of aromatic nitrogens is 1. The van der Waals surface area contributed by atoms with E-state index in [1.165, 1.54) is 22.0 Å². The van der Waals surface area contributed by atoms with Gasteiger partial charge in [0.1, 0.15) is 10.4 Å². The molecular formula is C21H18ClNO3S. The number of phenolic OH excluding ortho intramolecular Hbond substituents is 1. The molecule has 3 aromatic rings. The predicted octanol–water partition coefficient (Wildman–Crippen LogP) is 2.91. The third-order valence-corrected chi connectivity index (χ3v) is 5.62. The largest absolute Gasteiger partial charge is 0.507 e. The summed E-state index contributed by atoms with van der Waals surface area (Å²) in [5.41, 5.74) is 2.67. The summed E-state index contributed by atoms with van der Waals surface area (Å²) in [5.74, 6) is 0.0696. The molecule has 1 N–H and O–H groups in total. The number of carbonyl (C=O) groups is 1. The summed E-state index contributed by atoms with van der Waals surface area (Å²) in [4.78, 5) is 25.0. The Bertz CT molecular complexity index is 1180. The maximum Gasteiger partial charge on any atom is 0.268 e. The van der Waals surface area contributed by atoms with Crippen LogP contribution in [-0.2, 0) is 7.05 Å². The van der Waals surface area contributed by atoms with Crippen molar-refractivity contribution < 1.29 is 9.90 Å². The van der Waals surface area contributed by atoms with E-state index in [4.69, 9.17) is 11.6 Å². The molecule has 6 heteroatoms. The number of halogens is 1. The van der Waals surface area contributed by atoms with Crippen LogP contribution >= 0.6 is 22.9 Å². The van der Waals surface area contributed by atoms with Gasteiger partial charge in [-0.2, -0.15) is 0 Å². The number of hydrogen-bond donors (Lipinski definition) is 1. The molecule has 0 unspecified atom stereocenters. The monoisotopic (exact) mass is 399 g/mol. The zero-order valence-electron chi connectivity index (χ0n) is 15.1. The van der Waals surface area contributed by atoms with Gasteiger partial charge in [-0.15, -0.1) is 11.3 Å². The summed E-state index contributed by atoms with van der Waals surface area (Å²) >= 11 is 7.10. The minimum Gasteiger partial charge on any atom is -0.507 e. The predicted molar refractivity (Wildman–Crippen MR) is 110 cm³/mol. The number of nitrogens with zero attached hydrogens (tertiary/aromatic N) is 1. The van der Waals surface area contributed by atoms with Gasteiger partial charge in [0.25, 0.3) is 5.56 Å². The van der Waals surface area contributed by atoms with Crippen LogP contribution in [0.5, 0.6) is 5.75 Å². The molecule has 0 spiro atoms. The third-order valence-electron chi connectivity index (χ3n) is 4.25. The topological polar surface area (TPSA) is 59.3 Å². The maximum absolute atomic E-state index is 12.5. The Labute approximate surface area is 165 Å². The van der Waals surface area contributed by atoms with Crippen molar-refractivity contribution in [1.29, 1.82) is 0 Å². The Morgan fingerprint density at radius 3 is 2.33 bits per heavy atom. The number of hydrogen-bond acceptors (Lipinski definition) is 4. The molecule has 0 fully saturated rings. The highest BCUT2D eigenvalue weighted by atomic mass is 35.5. The number of aromatic hydroxyl groups is 1. The van der Waals surface area contributed by atoms with E-state index in [-0.39, 0.29) is 17.1 Å². The highest BCUT2D eigenvalue weighted by Gasteiger charge is 2.07. The van der Waals surface area contributed by atoms with E-state index in [0.29, 0.717) is 19.8 Å². The van der Waals surface area contributed by atoms with Gasteiger partial charge in [0.05, 0.1) is 4.53 Å². The van der Waals surface area contributed by atoms with Crippen LogP contribution in [0.15, 0.2) is 41.2 Å². The first-order valence-electron chi connectivity index (χ1n) is 8.25. The second kappa shape index (κ2) is 7.55. The van der Waals surface area contributed by atoms with Crippen LogP contribution in [0, 0.1) is 13.8 Å². The van der Waals surface area contributed by atoms with E-state index in [2.05, 4.69) is 0 Å². The number of carbonyl (C=O) groups excluding carboxylic acids is 1. The van der Waals surface area contributed by atoms with Crippen molar-refractivity contribution in [3.05, 3.63) is 83.2 Å². The molecule has 27 heavy (non-hydrogen) atoms. The molecule has 0 saturated heterocycles. The number of phenols is 1. The Morgan fingerprint density at radius 1 is 1.15 bits per heavy atom. The number of aryl methyl sites for hydroxylation is 2. The van der Waals surface area contributed by atoms with Gasteiger partial charge in [-0.25, -0.2) is 0 Å². The lowest BCUT2D eigenvalue weighted by molar-refractivity contribution is 0.106. The second-order valence-corrected chi connectivity index (χ2v) is 7.83. The van der Waals surface area contributed by atoms with Crippen molar-refractivity contribution in [2.45, 2.75) is 13.8 Å². The lowest BCUT2D eigenvalue weighted by atomic mass is 10.1. The minimum absolute atomic E-state index is 0.168. The molecule has 0 radical (unpaired) electrons. The Morgan fingerprint density at radius 2 is 1.74 bits per heavy atom. The van der Waals surface area contributed by atoms with Gasteiger partial charge in [-0.05, 0) is 73.0 Å². The van der Waals surface area contributed by atoms with Gasteiger partial charge in [0.15, 0.2) is 5.78 Å². The van der Waals surface area contributed by atoms with Crippen LogP contribution in [0.1, 0.15) is 27.0 Å². The molecule has 0 aliphatic rings. The van der Waals surface area contributed by atoms with Gasteiger partial charge in [0, 0.05) is 23.7 Å². The minimum atomic E-state index is -0.189. The molecule has 4 nitrogen and oxygen atoms in total. The zero-order valence-corrected chi connectivity index (χ0v) is 16.7.